The monoisotopic (exact) mass is 236 g/mol. The molecular weight excluding hydrogens is 212 g/mol. The summed E-state index contributed by atoms with van der Waals surface area (Å²) in [5.41, 5.74) is 0.660. The molecule has 2 heteroatoms. The van der Waals surface area contributed by atoms with Crippen LogP contribution in [0.2, 0.25) is 0 Å². The van der Waals surface area contributed by atoms with Crippen molar-refractivity contribution in [3.8, 4) is 5.75 Å². The van der Waals surface area contributed by atoms with E-state index >= 15 is 0 Å². The van der Waals surface area contributed by atoms with Crippen molar-refractivity contribution >= 4 is 0 Å². The Hall–Kier alpha value is -1.02. The molecule has 0 aliphatic rings. The van der Waals surface area contributed by atoms with Crippen LogP contribution in [0, 0.1) is 5.92 Å². The van der Waals surface area contributed by atoms with Crippen molar-refractivity contribution in [2.24, 2.45) is 5.92 Å². The zero-order valence-electron chi connectivity index (χ0n) is 11.4. The fourth-order valence-corrected chi connectivity index (χ4v) is 1.61. The molecular formula is C15H24O2. The van der Waals surface area contributed by atoms with Crippen LogP contribution in [0.1, 0.15) is 39.7 Å². The van der Waals surface area contributed by atoms with Crippen molar-refractivity contribution in [1.82, 2.24) is 0 Å². The second-order valence-electron chi connectivity index (χ2n) is 5.09. The number of benzene rings is 1. The zero-order chi connectivity index (χ0) is 12.9. The van der Waals surface area contributed by atoms with E-state index in [-0.39, 0.29) is 5.92 Å². The lowest BCUT2D eigenvalue weighted by molar-refractivity contribution is 0.00568. The number of hydrogen-bond donors (Lipinski definition) is 1. The topological polar surface area (TPSA) is 29.5 Å². The molecule has 0 amide bonds. The summed E-state index contributed by atoms with van der Waals surface area (Å²) in [7, 11) is 0. The van der Waals surface area contributed by atoms with Crippen LogP contribution in [-0.2, 0) is 6.42 Å². The molecule has 0 radical (unpaired) electrons. The Labute approximate surface area is 105 Å². The first-order valence-electron chi connectivity index (χ1n) is 6.40. The van der Waals surface area contributed by atoms with Gasteiger partial charge in [0.1, 0.15) is 5.75 Å². The van der Waals surface area contributed by atoms with Gasteiger partial charge in [0.05, 0.1) is 12.2 Å². The molecule has 0 spiro atoms. The maximum atomic E-state index is 10.2. The van der Waals surface area contributed by atoms with Gasteiger partial charge in [0, 0.05) is 0 Å². The van der Waals surface area contributed by atoms with E-state index in [1.807, 2.05) is 26.0 Å². The SMILES string of the molecule is CCOc1ccc(CCC(C)(O)C(C)C)cc1. The maximum absolute atomic E-state index is 10.2. The molecule has 0 bridgehead atoms. The van der Waals surface area contributed by atoms with E-state index in [9.17, 15) is 5.11 Å². The smallest absolute Gasteiger partial charge is 0.119 e. The second-order valence-corrected chi connectivity index (χ2v) is 5.09. The molecule has 0 fully saturated rings. The lowest BCUT2D eigenvalue weighted by Gasteiger charge is -2.27. The van der Waals surface area contributed by atoms with Gasteiger partial charge in [-0.1, -0.05) is 26.0 Å². The van der Waals surface area contributed by atoms with Crippen LogP contribution in [0.4, 0.5) is 0 Å². The molecule has 0 heterocycles. The minimum absolute atomic E-state index is 0.283. The number of rotatable bonds is 6. The average molecular weight is 236 g/mol. The lowest BCUT2D eigenvalue weighted by atomic mass is 9.87. The Morgan fingerprint density at radius 3 is 2.29 bits per heavy atom. The van der Waals surface area contributed by atoms with Crippen LogP contribution in [0.15, 0.2) is 24.3 Å². The van der Waals surface area contributed by atoms with E-state index in [1.165, 1.54) is 5.56 Å². The summed E-state index contributed by atoms with van der Waals surface area (Å²) in [6, 6.07) is 8.12. The molecule has 1 unspecified atom stereocenters. The predicted octanol–water partition coefficient (Wildman–Crippen LogP) is 3.42. The van der Waals surface area contributed by atoms with Gasteiger partial charge in [-0.05, 0) is 50.3 Å². The van der Waals surface area contributed by atoms with Gasteiger partial charge in [0.15, 0.2) is 0 Å². The molecule has 17 heavy (non-hydrogen) atoms. The number of aliphatic hydroxyl groups is 1. The van der Waals surface area contributed by atoms with Gasteiger partial charge >= 0.3 is 0 Å². The summed E-state index contributed by atoms with van der Waals surface area (Å²) >= 11 is 0. The van der Waals surface area contributed by atoms with Crippen molar-refractivity contribution < 1.29 is 9.84 Å². The number of ether oxygens (including phenoxy) is 1. The molecule has 1 atom stereocenters. The third-order valence-electron chi connectivity index (χ3n) is 3.40. The minimum atomic E-state index is -0.585. The molecule has 1 aromatic carbocycles. The van der Waals surface area contributed by atoms with Crippen LogP contribution in [0.5, 0.6) is 5.75 Å². The molecule has 1 rings (SSSR count). The quantitative estimate of drug-likeness (QED) is 0.820. The van der Waals surface area contributed by atoms with Gasteiger partial charge in [0.25, 0.3) is 0 Å². The Kier molecular flexibility index (Phi) is 5.01. The molecule has 1 N–H and O–H groups in total. The largest absolute Gasteiger partial charge is 0.494 e. The Morgan fingerprint density at radius 1 is 1.24 bits per heavy atom. The lowest BCUT2D eigenvalue weighted by Crippen LogP contribution is -2.31. The summed E-state index contributed by atoms with van der Waals surface area (Å²) in [5, 5.41) is 10.2. The summed E-state index contributed by atoms with van der Waals surface area (Å²) < 4.78 is 5.40. The standard InChI is InChI=1S/C15H24O2/c1-5-17-14-8-6-13(7-9-14)10-11-15(4,16)12(2)3/h6-9,12,16H,5,10-11H2,1-4H3. The highest BCUT2D eigenvalue weighted by Crippen LogP contribution is 2.23. The summed E-state index contributed by atoms with van der Waals surface area (Å²) in [4.78, 5) is 0. The summed E-state index contributed by atoms with van der Waals surface area (Å²) in [5.74, 6) is 1.19. The summed E-state index contributed by atoms with van der Waals surface area (Å²) in [6.45, 7) is 8.69. The molecule has 0 aromatic heterocycles. The highest BCUT2D eigenvalue weighted by molar-refractivity contribution is 5.27. The van der Waals surface area contributed by atoms with Gasteiger partial charge in [-0.15, -0.1) is 0 Å². The van der Waals surface area contributed by atoms with Crippen LogP contribution < -0.4 is 4.74 Å². The fourth-order valence-electron chi connectivity index (χ4n) is 1.61. The van der Waals surface area contributed by atoms with Gasteiger partial charge in [-0.25, -0.2) is 0 Å². The van der Waals surface area contributed by atoms with Crippen LogP contribution >= 0.6 is 0 Å². The fraction of sp³-hybridized carbons (Fsp3) is 0.600. The van der Waals surface area contributed by atoms with E-state index in [1.54, 1.807) is 0 Å². The van der Waals surface area contributed by atoms with Crippen molar-refractivity contribution in [1.29, 1.82) is 0 Å². The van der Waals surface area contributed by atoms with E-state index in [4.69, 9.17) is 4.74 Å². The third kappa shape index (κ3) is 4.39. The first-order valence-corrected chi connectivity index (χ1v) is 6.40. The number of aryl methyl sites for hydroxylation is 1. The van der Waals surface area contributed by atoms with E-state index in [0.717, 1.165) is 18.6 Å². The molecule has 1 aromatic rings. The van der Waals surface area contributed by atoms with E-state index in [2.05, 4.69) is 26.0 Å². The van der Waals surface area contributed by atoms with Crippen LogP contribution in [0.25, 0.3) is 0 Å². The first kappa shape index (κ1) is 14.0. The van der Waals surface area contributed by atoms with E-state index < -0.39 is 5.60 Å². The molecule has 0 aliphatic carbocycles. The van der Waals surface area contributed by atoms with E-state index in [0.29, 0.717) is 6.61 Å². The predicted molar refractivity (Wildman–Crippen MR) is 71.4 cm³/mol. The third-order valence-corrected chi connectivity index (χ3v) is 3.40. The molecule has 96 valence electrons. The maximum Gasteiger partial charge on any atom is 0.119 e. The van der Waals surface area contributed by atoms with Crippen molar-refractivity contribution in [2.75, 3.05) is 6.61 Å². The Bertz CT molecular complexity index is 325. The average Bonchev–Trinajstić information content (AvgIpc) is 2.28. The zero-order valence-corrected chi connectivity index (χ0v) is 11.4. The van der Waals surface area contributed by atoms with Crippen molar-refractivity contribution in [2.45, 2.75) is 46.1 Å². The van der Waals surface area contributed by atoms with Gasteiger partial charge < -0.3 is 9.84 Å². The molecule has 0 saturated carbocycles. The van der Waals surface area contributed by atoms with Crippen LogP contribution in [0.3, 0.4) is 0 Å². The number of hydrogen-bond acceptors (Lipinski definition) is 2. The Balaban J connectivity index is 2.52. The van der Waals surface area contributed by atoms with Crippen LogP contribution in [-0.4, -0.2) is 17.3 Å². The minimum Gasteiger partial charge on any atom is -0.494 e. The van der Waals surface area contributed by atoms with Crippen molar-refractivity contribution in [3.05, 3.63) is 29.8 Å². The van der Waals surface area contributed by atoms with Gasteiger partial charge in [-0.2, -0.15) is 0 Å². The Morgan fingerprint density at radius 2 is 1.82 bits per heavy atom. The molecule has 0 saturated heterocycles. The van der Waals surface area contributed by atoms with Gasteiger partial charge in [-0.3, -0.25) is 0 Å². The second kappa shape index (κ2) is 6.06. The van der Waals surface area contributed by atoms with Gasteiger partial charge in [0.2, 0.25) is 0 Å². The highest BCUT2D eigenvalue weighted by atomic mass is 16.5. The van der Waals surface area contributed by atoms with Crippen molar-refractivity contribution in [3.63, 3.8) is 0 Å². The summed E-state index contributed by atoms with van der Waals surface area (Å²) in [6.07, 6.45) is 1.69. The first-order chi connectivity index (χ1) is 7.95. The molecule has 2 nitrogen and oxygen atoms in total. The highest BCUT2D eigenvalue weighted by Gasteiger charge is 2.24. The normalized spacial score (nSPS) is 14.7. The molecule has 0 aliphatic heterocycles.